The number of aromatic nitrogens is 2. The molecule has 12 heteroatoms. The lowest BCUT2D eigenvalue weighted by molar-refractivity contribution is -0.384. The zero-order valence-corrected chi connectivity index (χ0v) is 21.7. The number of anilines is 1. The van der Waals surface area contributed by atoms with Gasteiger partial charge in [-0.1, -0.05) is 23.9 Å². The molecule has 3 aromatic carbocycles. The van der Waals surface area contributed by atoms with Gasteiger partial charge in [0.25, 0.3) is 5.69 Å². The molecule has 0 atom stereocenters. The number of hydrogen-bond acceptors (Lipinski definition) is 6. The Morgan fingerprint density at radius 2 is 1.85 bits per heavy atom. The molecule has 39 heavy (non-hydrogen) atoms. The molecule has 0 aliphatic rings. The van der Waals surface area contributed by atoms with Gasteiger partial charge in [-0.25, -0.2) is 4.98 Å². The molecule has 4 rings (SSSR count). The molecule has 8 nitrogen and oxygen atoms in total. The fourth-order valence-corrected chi connectivity index (χ4v) is 5.10. The summed E-state index contributed by atoms with van der Waals surface area (Å²) in [5.74, 6) is -0.461. The minimum absolute atomic E-state index is 0.107. The molecular formula is C27H22F3N5O3S. The minimum atomic E-state index is -4.58. The van der Waals surface area contributed by atoms with E-state index in [-0.39, 0.29) is 46.7 Å². The number of carbonyl (C=O) groups is 1. The van der Waals surface area contributed by atoms with Crippen molar-refractivity contribution in [2.24, 2.45) is 0 Å². The predicted octanol–water partition coefficient (Wildman–Crippen LogP) is 6.61. The number of nitro benzene ring substituents is 1. The number of carbonyl (C=O) groups excluding carboxylic acids is 1. The average molecular weight is 554 g/mol. The Balaban J connectivity index is 1.74. The molecule has 0 bridgehead atoms. The Hall–Kier alpha value is -4.37. The molecule has 0 N–H and O–H groups in total. The number of fused-ring (bicyclic) bond motifs is 1. The van der Waals surface area contributed by atoms with E-state index in [1.165, 1.54) is 39.8 Å². The third-order valence-electron chi connectivity index (χ3n) is 5.84. The highest BCUT2D eigenvalue weighted by atomic mass is 32.2. The number of benzene rings is 3. The first-order valence-electron chi connectivity index (χ1n) is 11.7. The van der Waals surface area contributed by atoms with E-state index in [1.54, 1.807) is 0 Å². The molecule has 1 heterocycles. The number of amides is 1. The first kappa shape index (κ1) is 27.7. The van der Waals surface area contributed by atoms with Crippen molar-refractivity contribution in [2.75, 3.05) is 17.2 Å². The number of rotatable bonds is 8. The smallest absolute Gasteiger partial charge is 0.311 e. The van der Waals surface area contributed by atoms with Crippen molar-refractivity contribution in [3.8, 4) is 11.8 Å². The van der Waals surface area contributed by atoms with Gasteiger partial charge in [0, 0.05) is 30.1 Å². The van der Waals surface area contributed by atoms with Crippen LogP contribution in [0.3, 0.4) is 0 Å². The number of non-ortho nitro benzene ring substituents is 1. The fraction of sp³-hybridized carbons (Fsp3) is 0.222. The standard InChI is InChI=1S/C27H22F3N5O3S/c1-17-11-18(2)13-22(12-17)33(10-4-9-31)25(36)16-39-26-32-23-15-21(35(37)38)7-8-24(23)34(26)20-6-3-5-19(14-20)27(28,29)30/h3,5-8,11-15H,4,10,16H2,1-2H3. The van der Waals surface area contributed by atoms with Crippen LogP contribution in [0.1, 0.15) is 23.1 Å². The van der Waals surface area contributed by atoms with E-state index < -0.39 is 16.7 Å². The Morgan fingerprint density at radius 3 is 2.49 bits per heavy atom. The minimum Gasteiger partial charge on any atom is -0.311 e. The molecule has 4 aromatic rings. The van der Waals surface area contributed by atoms with Crippen molar-refractivity contribution in [3.05, 3.63) is 87.5 Å². The third kappa shape index (κ3) is 6.21. The normalized spacial score (nSPS) is 11.4. The highest BCUT2D eigenvalue weighted by molar-refractivity contribution is 7.99. The van der Waals surface area contributed by atoms with E-state index in [0.29, 0.717) is 11.2 Å². The molecule has 0 saturated heterocycles. The Bertz CT molecular complexity index is 1590. The molecule has 0 aliphatic carbocycles. The maximum Gasteiger partial charge on any atom is 0.416 e. The number of hydrogen-bond donors (Lipinski definition) is 0. The summed E-state index contributed by atoms with van der Waals surface area (Å²) in [4.78, 5) is 30.0. The second kappa shape index (κ2) is 11.2. The number of imidazole rings is 1. The topological polar surface area (TPSA) is 105 Å². The molecule has 1 amide bonds. The molecule has 0 aliphatic heterocycles. The summed E-state index contributed by atoms with van der Waals surface area (Å²) < 4.78 is 41.8. The molecule has 0 radical (unpaired) electrons. The van der Waals surface area contributed by atoms with Crippen LogP contribution < -0.4 is 4.90 Å². The summed E-state index contributed by atoms with van der Waals surface area (Å²) in [6.07, 6.45) is -4.47. The second-order valence-electron chi connectivity index (χ2n) is 8.80. The number of nitro groups is 1. The number of aryl methyl sites for hydroxylation is 2. The highest BCUT2D eigenvalue weighted by Gasteiger charge is 2.31. The lowest BCUT2D eigenvalue weighted by atomic mass is 10.1. The molecule has 1 aromatic heterocycles. The lowest BCUT2D eigenvalue weighted by Gasteiger charge is -2.23. The number of halogens is 3. The van der Waals surface area contributed by atoms with Crippen molar-refractivity contribution in [3.63, 3.8) is 0 Å². The van der Waals surface area contributed by atoms with Crippen molar-refractivity contribution >= 4 is 40.1 Å². The summed E-state index contributed by atoms with van der Waals surface area (Å²) in [6.45, 7) is 3.96. The van der Waals surface area contributed by atoms with E-state index in [1.807, 2.05) is 38.1 Å². The molecule has 200 valence electrons. The van der Waals surface area contributed by atoms with Gasteiger partial charge >= 0.3 is 6.18 Å². The second-order valence-corrected chi connectivity index (χ2v) is 9.74. The maximum absolute atomic E-state index is 13.5. The van der Waals surface area contributed by atoms with E-state index in [9.17, 15) is 28.1 Å². The first-order chi connectivity index (χ1) is 18.5. The quantitative estimate of drug-likeness (QED) is 0.138. The first-order valence-corrected chi connectivity index (χ1v) is 12.7. The molecular weight excluding hydrogens is 531 g/mol. The van der Waals surface area contributed by atoms with Gasteiger partial charge < -0.3 is 4.90 Å². The number of nitrogens with zero attached hydrogens (tertiary/aromatic N) is 5. The summed E-state index contributed by atoms with van der Waals surface area (Å²) in [5, 5.41) is 20.6. The average Bonchev–Trinajstić information content (AvgIpc) is 3.24. The Labute approximate surface area is 225 Å². The zero-order valence-electron chi connectivity index (χ0n) is 20.9. The summed E-state index contributed by atoms with van der Waals surface area (Å²) >= 11 is 0.995. The van der Waals surface area contributed by atoms with E-state index in [4.69, 9.17) is 5.26 Å². The summed E-state index contributed by atoms with van der Waals surface area (Å²) in [6, 6.07) is 16.2. The Morgan fingerprint density at radius 1 is 1.13 bits per heavy atom. The SMILES string of the molecule is Cc1cc(C)cc(N(CCC#N)C(=O)CSc2nc3cc([N+](=O)[O-])ccc3n2-c2cccc(C(F)(F)F)c2)c1. The van der Waals surface area contributed by atoms with Crippen LogP contribution in [0.2, 0.25) is 0 Å². The predicted molar refractivity (Wildman–Crippen MR) is 142 cm³/mol. The number of nitriles is 1. The van der Waals surface area contributed by atoms with Gasteiger partial charge in [-0.05, 0) is 61.4 Å². The fourth-order valence-electron chi connectivity index (χ4n) is 4.20. The van der Waals surface area contributed by atoms with Crippen LogP contribution in [-0.4, -0.2) is 32.7 Å². The van der Waals surface area contributed by atoms with Crippen LogP contribution in [0, 0.1) is 35.3 Å². The van der Waals surface area contributed by atoms with Crippen LogP contribution in [0.4, 0.5) is 24.5 Å². The monoisotopic (exact) mass is 553 g/mol. The van der Waals surface area contributed by atoms with Crippen molar-refractivity contribution < 1.29 is 22.9 Å². The van der Waals surface area contributed by atoms with Gasteiger partial charge in [-0.15, -0.1) is 0 Å². The van der Waals surface area contributed by atoms with Crippen LogP contribution in [0.25, 0.3) is 16.7 Å². The van der Waals surface area contributed by atoms with Crippen LogP contribution in [0.5, 0.6) is 0 Å². The van der Waals surface area contributed by atoms with Gasteiger partial charge in [-0.3, -0.25) is 19.5 Å². The van der Waals surface area contributed by atoms with E-state index >= 15 is 0 Å². The van der Waals surface area contributed by atoms with Gasteiger partial charge in [0.2, 0.25) is 5.91 Å². The molecule has 0 fully saturated rings. The van der Waals surface area contributed by atoms with Crippen LogP contribution >= 0.6 is 11.8 Å². The third-order valence-corrected chi connectivity index (χ3v) is 6.76. The Kier molecular flexibility index (Phi) is 7.92. The van der Waals surface area contributed by atoms with E-state index in [0.717, 1.165) is 35.0 Å². The number of thioether (sulfide) groups is 1. The zero-order chi connectivity index (χ0) is 28.3. The van der Waals surface area contributed by atoms with E-state index in [2.05, 4.69) is 4.98 Å². The molecule has 0 spiro atoms. The van der Waals surface area contributed by atoms with Gasteiger partial charge in [-0.2, -0.15) is 18.4 Å². The highest BCUT2D eigenvalue weighted by Crippen LogP contribution is 2.34. The van der Waals surface area contributed by atoms with Gasteiger partial charge in [0.05, 0.1) is 39.8 Å². The summed E-state index contributed by atoms with van der Waals surface area (Å²) in [7, 11) is 0. The van der Waals surface area contributed by atoms with Crippen molar-refractivity contribution in [1.82, 2.24) is 9.55 Å². The van der Waals surface area contributed by atoms with Crippen molar-refractivity contribution in [2.45, 2.75) is 31.6 Å². The number of alkyl halides is 3. The van der Waals surface area contributed by atoms with Gasteiger partial charge in [0.15, 0.2) is 5.16 Å². The molecule has 0 saturated carbocycles. The maximum atomic E-state index is 13.5. The van der Waals surface area contributed by atoms with Crippen LogP contribution in [-0.2, 0) is 11.0 Å². The van der Waals surface area contributed by atoms with Crippen LogP contribution in [0.15, 0.2) is 65.8 Å². The lowest BCUT2D eigenvalue weighted by Crippen LogP contribution is -2.33. The summed E-state index contributed by atoms with van der Waals surface area (Å²) in [5.41, 5.74) is 2.13. The van der Waals surface area contributed by atoms with Crippen molar-refractivity contribution in [1.29, 1.82) is 5.26 Å². The largest absolute Gasteiger partial charge is 0.416 e. The van der Waals surface area contributed by atoms with Gasteiger partial charge in [0.1, 0.15) is 0 Å². The molecule has 0 unspecified atom stereocenters.